The number of benzene rings is 3. The monoisotopic (exact) mass is 390 g/mol. The molecule has 0 radical (unpaired) electrons. The minimum atomic E-state index is -0.275. The molecule has 1 heterocycles. The van der Waals surface area contributed by atoms with Crippen LogP contribution in [0, 0.1) is 0 Å². The minimum Gasteiger partial charge on any atom is -0.493 e. The lowest BCUT2D eigenvalue weighted by atomic mass is 10.1. The zero-order chi connectivity index (χ0) is 20.1. The van der Waals surface area contributed by atoms with E-state index in [1.165, 1.54) is 5.56 Å². The van der Waals surface area contributed by atoms with E-state index in [0.717, 1.165) is 12.2 Å². The van der Waals surface area contributed by atoms with Gasteiger partial charge in [-0.15, -0.1) is 0 Å². The molecular formula is C23H22N2O4. The Morgan fingerprint density at radius 2 is 1.72 bits per heavy atom. The molecule has 0 saturated heterocycles. The van der Waals surface area contributed by atoms with E-state index < -0.39 is 0 Å². The van der Waals surface area contributed by atoms with Crippen LogP contribution in [-0.2, 0) is 6.42 Å². The summed E-state index contributed by atoms with van der Waals surface area (Å²) < 4.78 is 16.9. The normalized spacial score (nSPS) is 14.4. The number of anilines is 1. The summed E-state index contributed by atoms with van der Waals surface area (Å²) in [5, 5.41) is 5.67. The number of methoxy groups -OCH3 is 1. The molecule has 3 aromatic rings. The SMILES string of the molecule is COc1ccccc1Oc1ccc(NC(=O)NC[C@H]2Cc3ccccc3O2)cc1. The van der Waals surface area contributed by atoms with Crippen LogP contribution in [0.2, 0.25) is 0 Å². The van der Waals surface area contributed by atoms with Gasteiger partial charge in [-0.2, -0.15) is 0 Å². The third-order valence-corrected chi connectivity index (χ3v) is 4.61. The topological polar surface area (TPSA) is 68.8 Å². The number of urea groups is 1. The molecule has 6 heteroatoms. The lowest BCUT2D eigenvalue weighted by Gasteiger charge is -2.13. The van der Waals surface area contributed by atoms with Gasteiger partial charge in [-0.3, -0.25) is 0 Å². The van der Waals surface area contributed by atoms with Gasteiger partial charge in [-0.1, -0.05) is 30.3 Å². The molecular weight excluding hydrogens is 368 g/mol. The molecule has 148 valence electrons. The van der Waals surface area contributed by atoms with Gasteiger partial charge in [-0.05, 0) is 48.0 Å². The number of fused-ring (bicyclic) bond motifs is 1. The summed E-state index contributed by atoms with van der Waals surface area (Å²) in [5.74, 6) is 2.83. The van der Waals surface area contributed by atoms with Crippen molar-refractivity contribution >= 4 is 11.7 Å². The van der Waals surface area contributed by atoms with Crippen LogP contribution in [0.1, 0.15) is 5.56 Å². The molecule has 0 bridgehead atoms. The Morgan fingerprint density at radius 1 is 1.00 bits per heavy atom. The van der Waals surface area contributed by atoms with Crippen molar-refractivity contribution in [3.8, 4) is 23.0 Å². The highest BCUT2D eigenvalue weighted by Crippen LogP contribution is 2.31. The molecule has 0 unspecified atom stereocenters. The van der Waals surface area contributed by atoms with E-state index in [1.807, 2.05) is 48.5 Å². The van der Waals surface area contributed by atoms with E-state index in [2.05, 4.69) is 10.6 Å². The van der Waals surface area contributed by atoms with Gasteiger partial charge in [0.25, 0.3) is 0 Å². The number of carbonyl (C=O) groups is 1. The predicted molar refractivity (Wildman–Crippen MR) is 111 cm³/mol. The first kappa shape index (κ1) is 18.7. The van der Waals surface area contributed by atoms with Gasteiger partial charge in [0.1, 0.15) is 17.6 Å². The lowest BCUT2D eigenvalue weighted by molar-refractivity contribution is 0.219. The Kier molecular flexibility index (Phi) is 5.52. The molecule has 2 N–H and O–H groups in total. The van der Waals surface area contributed by atoms with Crippen LogP contribution in [0.15, 0.2) is 72.8 Å². The highest BCUT2D eigenvalue weighted by atomic mass is 16.5. The Balaban J connectivity index is 1.27. The van der Waals surface area contributed by atoms with E-state index >= 15 is 0 Å². The smallest absolute Gasteiger partial charge is 0.319 e. The number of rotatable bonds is 6. The Labute approximate surface area is 169 Å². The molecule has 0 aliphatic carbocycles. The van der Waals surface area contributed by atoms with Crippen LogP contribution in [-0.4, -0.2) is 25.8 Å². The third-order valence-electron chi connectivity index (χ3n) is 4.61. The molecule has 29 heavy (non-hydrogen) atoms. The molecule has 1 aliphatic rings. The molecule has 6 nitrogen and oxygen atoms in total. The van der Waals surface area contributed by atoms with Crippen LogP contribution >= 0.6 is 0 Å². The minimum absolute atomic E-state index is 0.0465. The van der Waals surface area contributed by atoms with E-state index in [4.69, 9.17) is 14.2 Å². The van der Waals surface area contributed by atoms with Gasteiger partial charge in [0, 0.05) is 12.1 Å². The predicted octanol–water partition coefficient (Wildman–Crippen LogP) is 4.61. The van der Waals surface area contributed by atoms with Crippen LogP contribution < -0.4 is 24.8 Å². The molecule has 2 amide bonds. The summed E-state index contributed by atoms with van der Waals surface area (Å²) in [6.45, 7) is 0.440. The van der Waals surface area contributed by atoms with Crippen molar-refractivity contribution in [3.05, 3.63) is 78.4 Å². The second-order valence-electron chi connectivity index (χ2n) is 6.66. The van der Waals surface area contributed by atoms with Crippen LogP contribution in [0.4, 0.5) is 10.5 Å². The van der Waals surface area contributed by atoms with Crippen LogP contribution in [0.3, 0.4) is 0 Å². The van der Waals surface area contributed by atoms with Crippen molar-refractivity contribution in [2.75, 3.05) is 19.0 Å². The zero-order valence-electron chi connectivity index (χ0n) is 16.1. The maximum Gasteiger partial charge on any atom is 0.319 e. The first-order valence-corrected chi connectivity index (χ1v) is 9.41. The number of ether oxygens (including phenoxy) is 3. The van der Waals surface area contributed by atoms with Gasteiger partial charge in [0.05, 0.1) is 13.7 Å². The first-order chi connectivity index (χ1) is 14.2. The second kappa shape index (κ2) is 8.56. The van der Waals surface area contributed by atoms with Crippen molar-refractivity contribution in [2.24, 2.45) is 0 Å². The molecule has 0 spiro atoms. The standard InChI is InChI=1S/C23H22N2O4/c1-27-21-8-4-5-9-22(21)28-18-12-10-17(11-13-18)25-23(26)24-15-19-14-16-6-2-3-7-20(16)29-19/h2-13,19H,14-15H2,1H3,(H2,24,25,26)/t19-/m1/s1. The maximum atomic E-state index is 12.2. The van der Waals surface area contributed by atoms with Crippen molar-refractivity contribution in [1.82, 2.24) is 5.32 Å². The fourth-order valence-electron chi connectivity index (χ4n) is 3.19. The van der Waals surface area contributed by atoms with Crippen LogP contribution in [0.5, 0.6) is 23.0 Å². The Bertz CT molecular complexity index is 963. The van der Waals surface area contributed by atoms with Crippen molar-refractivity contribution in [1.29, 1.82) is 0 Å². The number of amides is 2. The average Bonchev–Trinajstić information content (AvgIpc) is 3.17. The van der Waals surface area contributed by atoms with Crippen LogP contribution in [0.25, 0.3) is 0 Å². The Hall–Kier alpha value is -3.67. The third kappa shape index (κ3) is 4.60. The van der Waals surface area contributed by atoms with E-state index in [-0.39, 0.29) is 12.1 Å². The largest absolute Gasteiger partial charge is 0.493 e. The second-order valence-corrected chi connectivity index (χ2v) is 6.66. The number of hydrogen-bond acceptors (Lipinski definition) is 4. The van der Waals surface area contributed by atoms with Crippen molar-refractivity contribution < 1.29 is 19.0 Å². The summed E-state index contributed by atoms with van der Waals surface area (Å²) in [6.07, 6.45) is 0.751. The van der Waals surface area contributed by atoms with Gasteiger partial charge in [0.2, 0.25) is 0 Å². The first-order valence-electron chi connectivity index (χ1n) is 9.41. The molecule has 0 fully saturated rings. The molecule has 1 atom stereocenters. The van der Waals surface area contributed by atoms with Gasteiger partial charge < -0.3 is 24.8 Å². The fourth-order valence-corrected chi connectivity index (χ4v) is 3.19. The zero-order valence-corrected chi connectivity index (χ0v) is 16.1. The van der Waals surface area contributed by atoms with E-state index in [1.54, 1.807) is 31.4 Å². The highest BCUT2D eigenvalue weighted by molar-refractivity contribution is 5.89. The summed E-state index contributed by atoms with van der Waals surface area (Å²) in [7, 11) is 1.60. The van der Waals surface area contributed by atoms with Crippen molar-refractivity contribution in [2.45, 2.75) is 12.5 Å². The molecule has 3 aromatic carbocycles. The average molecular weight is 390 g/mol. The molecule has 0 aromatic heterocycles. The van der Waals surface area contributed by atoms with E-state index in [9.17, 15) is 4.79 Å². The fraction of sp³-hybridized carbons (Fsp3) is 0.174. The number of para-hydroxylation sites is 3. The number of hydrogen-bond donors (Lipinski definition) is 2. The quantitative estimate of drug-likeness (QED) is 0.645. The summed E-state index contributed by atoms with van der Waals surface area (Å²) in [6, 6.07) is 22.2. The van der Waals surface area contributed by atoms with Gasteiger partial charge >= 0.3 is 6.03 Å². The summed E-state index contributed by atoms with van der Waals surface area (Å²) >= 11 is 0. The highest BCUT2D eigenvalue weighted by Gasteiger charge is 2.22. The number of nitrogens with one attached hydrogen (secondary N) is 2. The van der Waals surface area contributed by atoms with Gasteiger partial charge in [-0.25, -0.2) is 4.79 Å². The van der Waals surface area contributed by atoms with Gasteiger partial charge in [0.15, 0.2) is 11.5 Å². The van der Waals surface area contributed by atoms with E-state index in [0.29, 0.717) is 29.5 Å². The summed E-state index contributed by atoms with van der Waals surface area (Å²) in [4.78, 5) is 12.2. The van der Waals surface area contributed by atoms with Crippen molar-refractivity contribution in [3.63, 3.8) is 0 Å². The molecule has 0 saturated carbocycles. The number of carbonyl (C=O) groups excluding carboxylic acids is 1. The lowest BCUT2D eigenvalue weighted by Crippen LogP contribution is -2.37. The summed E-state index contributed by atoms with van der Waals surface area (Å²) in [5.41, 5.74) is 1.84. The maximum absolute atomic E-state index is 12.2. The Morgan fingerprint density at radius 3 is 2.48 bits per heavy atom. The molecule has 4 rings (SSSR count). The molecule has 1 aliphatic heterocycles.